The Labute approximate surface area is 501 Å². The van der Waals surface area contributed by atoms with E-state index >= 15 is 0 Å². The van der Waals surface area contributed by atoms with Crippen molar-refractivity contribution in [3.05, 3.63) is 182 Å². The maximum atomic E-state index is 9.44. The van der Waals surface area contributed by atoms with Gasteiger partial charge in [0.1, 0.15) is 25.2 Å². The van der Waals surface area contributed by atoms with Crippen molar-refractivity contribution in [1.82, 2.24) is 0 Å². The Morgan fingerprint density at radius 2 is 0.900 bits per heavy atom. The molecule has 6 rings (SSSR count). The molecule has 17 heteroatoms. The molecular weight excluding hydrogens is 1130 g/mol. The highest BCUT2D eigenvalue weighted by atomic mass is 28.5. The average molecular weight is 1230 g/mol. The summed E-state index contributed by atoms with van der Waals surface area (Å²) < 4.78 is 44.2. The number of Topliss-reactive ketones (excluding diaryl/α,β-unsaturated/α-hetero) is 2. The van der Waals surface area contributed by atoms with Gasteiger partial charge in [0.15, 0.2) is 16.6 Å². The lowest BCUT2D eigenvalue weighted by Gasteiger charge is -2.44. The molecule has 0 amide bonds. The largest absolute Gasteiger partial charge is 0.430 e. The minimum Gasteiger partial charge on any atom is -0.430 e. The van der Waals surface area contributed by atoms with E-state index in [-0.39, 0.29) is 42.1 Å². The maximum Gasteiger partial charge on any atom is 0.388 e. The molecule has 444 valence electrons. The van der Waals surface area contributed by atoms with Crippen molar-refractivity contribution in [3.63, 3.8) is 0 Å². The molecule has 0 fully saturated rings. The SMILES string of the molecule is C.CC(C)=O.CC(C)=O.CC(C)O[Si](C)(C)C.CC[SiH2]CC.CC[Si](CC)(O[SiH](OCOCOC)c1ccccc1)O[Si](O[Si](C)(C)C)(c1ccccc1)c1ccccc1.[SiH3]c1ccccc1.c1ccc([SiH2]c2ccccc2)cc1. The van der Waals surface area contributed by atoms with Crippen LogP contribution in [-0.2, 0) is 40.3 Å². The monoisotopic (exact) mass is 1230 g/mol. The van der Waals surface area contributed by atoms with Crippen LogP contribution in [-0.4, -0.2) is 111 Å². The Morgan fingerprint density at radius 1 is 0.537 bits per heavy atom. The second kappa shape index (κ2) is 45.6. The van der Waals surface area contributed by atoms with Crippen molar-refractivity contribution in [2.24, 2.45) is 0 Å². The lowest BCUT2D eigenvalue weighted by molar-refractivity contribution is -0.115. The molecule has 0 saturated heterocycles. The fourth-order valence-corrected chi connectivity index (χ4v) is 27.8. The third-order valence-electron chi connectivity index (χ3n) is 10.4. The van der Waals surface area contributed by atoms with E-state index in [0.717, 1.165) is 27.6 Å². The first kappa shape index (κ1) is 78.2. The summed E-state index contributed by atoms with van der Waals surface area (Å²) in [5, 5.41) is 7.72. The first-order valence-corrected chi connectivity index (χ1v) is 44.9. The Morgan fingerprint density at radius 3 is 1.18 bits per heavy atom. The summed E-state index contributed by atoms with van der Waals surface area (Å²) in [6, 6.07) is 67.6. The van der Waals surface area contributed by atoms with E-state index in [9.17, 15) is 9.59 Å². The smallest absolute Gasteiger partial charge is 0.388 e. The predicted octanol–water partition coefficient (Wildman–Crippen LogP) is 9.92. The number of carbonyl (C=O) groups is 2. The van der Waals surface area contributed by atoms with E-state index in [1.54, 1.807) is 7.11 Å². The highest BCUT2D eigenvalue weighted by Gasteiger charge is 2.53. The Bertz CT molecular complexity index is 2280. The van der Waals surface area contributed by atoms with Crippen LogP contribution in [0.15, 0.2) is 182 Å². The van der Waals surface area contributed by atoms with Crippen molar-refractivity contribution >= 4 is 115 Å². The number of ketones is 2. The zero-order valence-corrected chi connectivity index (χ0v) is 61.8. The fourth-order valence-electron chi connectivity index (χ4n) is 7.27. The van der Waals surface area contributed by atoms with Gasteiger partial charge in [-0.15, -0.1) is 0 Å². The average Bonchev–Trinajstić information content (AvgIpc) is 3.40. The van der Waals surface area contributed by atoms with Gasteiger partial charge >= 0.3 is 26.4 Å². The molecule has 0 aliphatic rings. The molecule has 80 heavy (non-hydrogen) atoms. The molecular formula is C63H106O9Si8. The van der Waals surface area contributed by atoms with Gasteiger partial charge in [-0.05, 0) is 108 Å². The molecule has 0 aromatic heterocycles. The van der Waals surface area contributed by atoms with Crippen LogP contribution in [0.4, 0.5) is 0 Å². The molecule has 0 N–H and O–H groups in total. The molecule has 0 heterocycles. The van der Waals surface area contributed by atoms with E-state index in [0.29, 0.717) is 15.6 Å². The van der Waals surface area contributed by atoms with Gasteiger partial charge in [-0.3, -0.25) is 0 Å². The van der Waals surface area contributed by atoms with Crippen LogP contribution < -0.4 is 31.1 Å². The first-order chi connectivity index (χ1) is 37.4. The van der Waals surface area contributed by atoms with Gasteiger partial charge in [-0.1, -0.05) is 245 Å². The van der Waals surface area contributed by atoms with E-state index < -0.39 is 43.0 Å². The lowest BCUT2D eigenvalue weighted by Crippen LogP contribution is -2.71. The molecule has 0 aliphatic heterocycles. The standard InChI is InChI=1S/C28H42O6Si4.C12H12Si.C6H16OSi.C6H8Si.C4H12Si.2C3H6O.CH4/c1-7-37(8-2,32-35(31-25-30-24-29-3)26-18-12-9-13-19-26)34-38(33-36(4,5)6,27-20-14-10-15-21-27)28-22-16-11-17-23-28;1-3-7-11(8-4-1)13-12-9-5-2-6-10-12;1-6(2)7-8(3,4)5;7-6-4-2-1-3-5-6;1-3-5-4-2;2*1-3(2)4;/h9-23,35H,7-8,24-25H2,1-6H3;1-10H,13H2;6H,1-5H3;1-5H,7H3;3-5H2,1-2H3;2*1-2H3;1H4. The number of methoxy groups -OCH3 is 1. The van der Waals surface area contributed by atoms with Crippen molar-refractivity contribution in [2.75, 3.05) is 20.7 Å². The molecule has 9 nitrogen and oxygen atoms in total. The van der Waals surface area contributed by atoms with Crippen molar-refractivity contribution in [1.29, 1.82) is 0 Å². The minimum atomic E-state index is -3.16. The summed E-state index contributed by atoms with van der Waals surface area (Å²) in [5.41, 5.74) is 0. The second-order valence-electron chi connectivity index (χ2n) is 21.3. The van der Waals surface area contributed by atoms with Crippen LogP contribution >= 0.6 is 0 Å². The van der Waals surface area contributed by atoms with Crippen LogP contribution in [0.1, 0.15) is 76.7 Å². The first-order valence-electron chi connectivity index (χ1n) is 28.1. The zero-order valence-electron chi connectivity index (χ0n) is 51.8. The molecule has 1 unspecified atom stereocenters. The molecule has 6 aromatic carbocycles. The molecule has 0 spiro atoms. The van der Waals surface area contributed by atoms with Gasteiger partial charge in [-0.25, -0.2) is 0 Å². The quantitative estimate of drug-likeness (QED) is 0.0374. The molecule has 1 atom stereocenters. The number of hydrogen-bond donors (Lipinski definition) is 0. The van der Waals surface area contributed by atoms with E-state index in [1.165, 1.54) is 65.6 Å². The summed E-state index contributed by atoms with van der Waals surface area (Å²) in [6.07, 6.45) is 0.404. The summed E-state index contributed by atoms with van der Waals surface area (Å²) in [5.74, 6) is 0.333. The molecule has 6 aromatic rings. The van der Waals surface area contributed by atoms with Crippen LogP contribution in [0.25, 0.3) is 0 Å². The normalized spacial score (nSPS) is 11.2. The number of rotatable bonds is 22. The van der Waals surface area contributed by atoms with Crippen LogP contribution in [0.5, 0.6) is 0 Å². The molecule has 0 saturated carbocycles. The summed E-state index contributed by atoms with van der Waals surface area (Å²) in [6.45, 7) is 32.7. The van der Waals surface area contributed by atoms with Crippen LogP contribution in [0, 0.1) is 0 Å². The van der Waals surface area contributed by atoms with Gasteiger partial charge in [-0.2, -0.15) is 0 Å². The van der Waals surface area contributed by atoms with Crippen LogP contribution in [0.2, 0.25) is 63.5 Å². The fraction of sp³-hybridized carbons (Fsp3) is 0.397. The van der Waals surface area contributed by atoms with Gasteiger partial charge in [0, 0.05) is 33.0 Å². The number of ether oxygens (including phenoxy) is 2. The van der Waals surface area contributed by atoms with Crippen molar-refractivity contribution < 1.29 is 40.3 Å². The molecule has 0 aliphatic carbocycles. The number of hydrogen-bond acceptors (Lipinski definition) is 9. The van der Waals surface area contributed by atoms with Gasteiger partial charge in [0.05, 0.1) is 9.52 Å². The summed E-state index contributed by atoms with van der Waals surface area (Å²) in [7, 11) is -8.72. The van der Waals surface area contributed by atoms with Crippen molar-refractivity contribution in [3.8, 4) is 0 Å². The minimum absolute atomic E-state index is 0. The van der Waals surface area contributed by atoms with E-state index in [4.69, 9.17) is 30.7 Å². The third kappa shape index (κ3) is 39.5. The van der Waals surface area contributed by atoms with Crippen molar-refractivity contribution in [2.45, 2.75) is 146 Å². The summed E-state index contributed by atoms with van der Waals surface area (Å²) in [4.78, 5) is 18.9. The van der Waals surface area contributed by atoms with Crippen LogP contribution in [0.3, 0.4) is 0 Å². The maximum absolute atomic E-state index is 9.44. The molecule has 0 radical (unpaired) electrons. The Balaban J connectivity index is 0. The highest BCUT2D eigenvalue weighted by molar-refractivity contribution is 7.02. The van der Waals surface area contributed by atoms with Gasteiger partial charge in [0.25, 0.3) is 0 Å². The number of carbonyl (C=O) groups excluding carboxylic acids is 2. The third-order valence-corrected chi connectivity index (χ3v) is 29.9. The zero-order chi connectivity index (χ0) is 59.6. The second-order valence-corrected chi connectivity index (χ2v) is 45.7. The number of benzene rings is 6. The Hall–Kier alpha value is -3.88. The van der Waals surface area contributed by atoms with Gasteiger partial charge in [0.2, 0.25) is 0 Å². The Kier molecular flexibility index (Phi) is 44.6. The predicted molar refractivity (Wildman–Crippen MR) is 369 cm³/mol. The lowest BCUT2D eigenvalue weighted by atomic mass is 10.4. The highest BCUT2D eigenvalue weighted by Crippen LogP contribution is 2.28. The van der Waals surface area contributed by atoms with E-state index in [1.807, 2.05) is 36.4 Å². The van der Waals surface area contributed by atoms with Gasteiger partial charge < -0.3 is 40.3 Å². The topological polar surface area (TPSA) is 98.8 Å². The molecule has 0 bridgehead atoms. The summed E-state index contributed by atoms with van der Waals surface area (Å²) >= 11 is 0. The van der Waals surface area contributed by atoms with E-state index in [2.05, 4.69) is 226 Å².